The van der Waals surface area contributed by atoms with Gasteiger partial charge < -0.3 is 10.8 Å². The van der Waals surface area contributed by atoms with E-state index in [0.717, 1.165) is 6.07 Å². The number of halogens is 2. The van der Waals surface area contributed by atoms with Crippen molar-refractivity contribution in [3.8, 4) is 0 Å². The van der Waals surface area contributed by atoms with Gasteiger partial charge in [0.05, 0.1) is 6.54 Å². The van der Waals surface area contributed by atoms with Gasteiger partial charge in [0.15, 0.2) is 0 Å². The van der Waals surface area contributed by atoms with Crippen molar-refractivity contribution < 1.29 is 13.9 Å². The Kier molecular flexibility index (Phi) is 3.59. The molecule has 19 heavy (non-hydrogen) atoms. The van der Waals surface area contributed by atoms with Gasteiger partial charge in [-0.15, -0.1) is 0 Å². The lowest BCUT2D eigenvalue weighted by Gasteiger charge is -2.32. The molecule has 0 saturated carbocycles. The second-order valence-corrected chi connectivity index (χ2v) is 4.43. The molecule has 0 amide bonds. The summed E-state index contributed by atoms with van der Waals surface area (Å²) in [7, 11) is 0. The summed E-state index contributed by atoms with van der Waals surface area (Å²) >= 11 is 0. The summed E-state index contributed by atoms with van der Waals surface area (Å²) in [6.07, 6.45) is 2.68. The van der Waals surface area contributed by atoms with Crippen LogP contribution in [0.4, 0.5) is 8.78 Å². The number of benzene rings is 1. The first-order chi connectivity index (χ1) is 8.93. The van der Waals surface area contributed by atoms with E-state index in [0.29, 0.717) is 6.07 Å². The van der Waals surface area contributed by atoms with E-state index < -0.39 is 23.3 Å². The van der Waals surface area contributed by atoms with Gasteiger partial charge in [0, 0.05) is 17.7 Å². The molecule has 1 aromatic carbocycles. The van der Waals surface area contributed by atoms with Crippen LogP contribution in [0.25, 0.3) is 0 Å². The van der Waals surface area contributed by atoms with Crippen molar-refractivity contribution >= 4 is 0 Å². The normalized spacial score (nSPS) is 16.1. The zero-order valence-electron chi connectivity index (χ0n) is 10.3. The van der Waals surface area contributed by atoms with E-state index in [2.05, 4.69) is 10.1 Å². The van der Waals surface area contributed by atoms with Crippen molar-refractivity contribution in [2.45, 2.75) is 25.1 Å². The van der Waals surface area contributed by atoms with Gasteiger partial charge in [0.2, 0.25) is 0 Å². The van der Waals surface area contributed by atoms with Crippen molar-refractivity contribution in [3.05, 3.63) is 48.1 Å². The highest BCUT2D eigenvalue weighted by Gasteiger charge is 2.37. The van der Waals surface area contributed by atoms with E-state index >= 15 is 0 Å². The predicted octanol–water partition coefficient (Wildman–Crippen LogP) is 0.791. The first-order valence-electron chi connectivity index (χ1n) is 5.69. The Labute approximate surface area is 108 Å². The lowest BCUT2D eigenvalue weighted by molar-refractivity contribution is -0.00856. The van der Waals surface area contributed by atoms with Gasteiger partial charge in [-0.25, -0.2) is 18.4 Å². The standard InChI is InChI=1S/C12H14F2N4O/c1-8(15)12(19,5-18-7-16-6-17-18)10-3-2-9(13)4-11(10)14/h2-4,6-8,19H,5,15H2,1H3. The predicted molar refractivity (Wildman–Crippen MR) is 63.9 cm³/mol. The van der Waals surface area contributed by atoms with E-state index in [4.69, 9.17) is 5.73 Å². The van der Waals surface area contributed by atoms with E-state index in [1.165, 1.54) is 23.4 Å². The average Bonchev–Trinajstić information content (AvgIpc) is 2.81. The molecular weight excluding hydrogens is 254 g/mol. The minimum absolute atomic E-state index is 0.0700. The Morgan fingerprint density at radius 2 is 2.21 bits per heavy atom. The van der Waals surface area contributed by atoms with Crippen LogP contribution in [0.5, 0.6) is 0 Å². The molecule has 2 aromatic rings. The fraction of sp³-hybridized carbons (Fsp3) is 0.333. The molecule has 0 radical (unpaired) electrons. The van der Waals surface area contributed by atoms with Crippen LogP contribution in [-0.2, 0) is 12.1 Å². The highest BCUT2D eigenvalue weighted by Crippen LogP contribution is 2.28. The van der Waals surface area contributed by atoms with Crippen LogP contribution in [0.2, 0.25) is 0 Å². The number of aromatic nitrogens is 3. The van der Waals surface area contributed by atoms with Crippen molar-refractivity contribution in [2.75, 3.05) is 0 Å². The van der Waals surface area contributed by atoms with Crippen LogP contribution in [0.1, 0.15) is 12.5 Å². The second kappa shape index (κ2) is 5.02. The smallest absolute Gasteiger partial charge is 0.137 e. The molecule has 2 rings (SSSR count). The molecule has 0 saturated heterocycles. The van der Waals surface area contributed by atoms with E-state index in [1.54, 1.807) is 6.92 Å². The first kappa shape index (κ1) is 13.6. The maximum atomic E-state index is 13.8. The van der Waals surface area contributed by atoms with E-state index in [-0.39, 0.29) is 12.1 Å². The van der Waals surface area contributed by atoms with Crippen LogP contribution >= 0.6 is 0 Å². The number of nitrogens with two attached hydrogens (primary N) is 1. The summed E-state index contributed by atoms with van der Waals surface area (Å²) in [5.41, 5.74) is 3.98. The maximum absolute atomic E-state index is 13.8. The van der Waals surface area contributed by atoms with Gasteiger partial charge >= 0.3 is 0 Å². The number of hydrogen-bond acceptors (Lipinski definition) is 4. The van der Waals surface area contributed by atoms with Gasteiger partial charge in [-0.1, -0.05) is 6.07 Å². The molecule has 5 nitrogen and oxygen atoms in total. The van der Waals surface area contributed by atoms with Crippen LogP contribution in [0, 0.1) is 11.6 Å². The molecule has 1 heterocycles. The number of nitrogens with zero attached hydrogens (tertiary/aromatic N) is 3. The highest BCUT2D eigenvalue weighted by atomic mass is 19.1. The summed E-state index contributed by atoms with van der Waals surface area (Å²) in [6.45, 7) is 1.47. The molecule has 0 aliphatic carbocycles. The quantitative estimate of drug-likeness (QED) is 0.859. The molecule has 0 aliphatic heterocycles. The summed E-state index contributed by atoms with van der Waals surface area (Å²) in [6, 6.07) is 2.19. The topological polar surface area (TPSA) is 77.0 Å². The summed E-state index contributed by atoms with van der Waals surface area (Å²) < 4.78 is 28.1. The lowest BCUT2D eigenvalue weighted by Crippen LogP contribution is -2.47. The monoisotopic (exact) mass is 268 g/mol. The van der Waals surface area contributed by atoms with Gasteiger partial charge in [-0.05, 0) is 13.0 Å². The molecule has 0 fully saturated rings. The number of hydrogen-bond donors (Lipinski definition) is 2. The van der Waals surface area contributed by atoms with Crippen LogP contribution in [0.3, 0.4) is 0 Å². The van der Waals surface area contributed by atoms with Crippen molar-refractivity contribution in [3.63, 3.8) is 0 Å². The third kappa shape index (κ3) is 2.61. The molecule has 2 atom stereocenters. The Morgan fingerprint density at radius 1 is 1.47 bits per heavy atom. The number of aliphatic hydroxyl groups is 1. The maximum Gasteiger partial charge on any atom is 0.137 e. The molecule has 7 heteroatoms. The van der Waals surface area contributed by atoms with Gasteiger partial charge in [-0.2, -0.15) is 5.10 Å². The third-order valence-electron chi connectivity index (χ3n) is 3.02. The molecule has 102 valence electrons. The zero-order chi connectivity index (χ0) is 14.0. The lowest BCUT2D eigenvalue weighted by atomic mass is 9.87. The molecular formula is C12H14F2N4O. The van der Waals surface area contributed by atoms with Crippen molar-refractivity contribution in [1.82, 2.24) is 14.8 Å². The zero-order valence-corrected chi connectivity index (χ0v) is 10.3. The fourth-order valence-corrected chi connectivity index (χ4v) is 1.88. The Balaban J connectivity index is 2.43. The Morgan fingerprint density at radius 3 is 2.74 bits per heavy atom. The molecule has 3 N–H and O–H groups in total. The van der Waals surface area contributed by atoms with E-state index in [9.17, 15) is 13.9 Å². The van der Waals surface area contributed by atoms with Crippen molar-refractivity contribution in [2.24, 2.45) is 5.73 Å². The largest absolute Gasteiger partial charge is 0.381 e. The van der Waals surface area contributed by atoms with Gasteiger partial charge in [0.25, 0.3) is 0 Å². The Hall–Kier alpha value is -1.86. The molecule has 0 aliphatic rings. The molecule has 1 aromatic heterocycles. The SMILES string of the molecule is CC(N)C(O)(Cn1cncn1)c1ccc(F)cc1F. The van der Waals surface area contributed by atoms with Crippen LogP contribution in [0.15, 0.2) is 30.9 Å². The average molecular weight is 268 g/mol. The minimum atomic E-state index is -1.70. The molecule has 0 bridgehead atoms. The molecule has 2 unspecified atom stereocenters. The summed E-state index contributed by atoms with van der Waals surface area (Å²) in [5.74, 6) is -1.56. The third-order valence-corrected chi connectivity index (χ3v) is 3.02. The molecule has 0 spiro atoms. The Bertz CT molecular complexity index is 559. The fourth-order valence-electron chi connectivity index (χ4n) is 1.88. The van der Waals surface area contributed by atoms with E-state index in [1.807, 2.05) is 0 Å². The second-order valence-electron chi connectivity index (χ2n) is 4.43. The number of rotatable bonds is 4. The van der Waals surface area contributed by atoms with Gasteiger partial charge in [0.1, 0.15) is 29.9 Å². The highest BCUT2D eigenvalue weighted by molar-refractivity contribution is 5.26. The van der Waals surface area contributed by atoms with Crippen LogP contribution < -0.4 is 5.73 Å². The van der Waals surface area contributed by atoms with Crippen LogP contribution in [-0.4, -0.2) is 25.9 Å². The van der Waals surface area contributed by atoms with Crippen molar-refractivity contribution in [1.29, 1.82) is 0 Å². The summed E-state index contributed by atoms with van der Waals surface area (Å²) in [5, 5.41) is 14.5. The minimum Gasteiger partial charge on any atom is -0.381 e. The van der Waals surface area contributed by atoms with Gasteiger partial charge in [-0.3, -0.25) is 0 Å². The summed E-state index contributed by atoms with van der Waals surface area (Å²) in [4.78, 5) is 3.74. The first-order valence-corrected chi connectivity index (χ1v) is 5.69.